The van der Waals surface area contributed by atoms with Crippen molar-refractivity contribution in [2.45, 2.75) is 65.0 Å². The Morgan fingerprint density at radius 1 is 1.13 bits per heavy atom. The number of hydrogen-bond acceptors (Lipinski definition) is 8. The second kappa shape index (κ2) is 10.5. The van der Waals surface area contributed by atoms with E-state index in [-0.39, 0.29) is 29.3 Å². The topological polar surface area (TPSA) is 142 Å². The van der Waals surface area contributed by atoms with Crippen LogP contribution >= 0.6 is 0 Å². The Balaban J connectivity index is 1.32. The summed E-state index contributed by atoms with van der Waals surface area (Å²) in [5.74, 6) is 0.913. The van der Waals surface area contributed by atoms with Crippen LogP contribution in [0.5, 0.6) is 0 Å². The second-order valence-electron chi connectivity index (χ2n) is 11.1. The van der Waals surface area contributed by atoms with Gasteiger partial charge in [-0.15, -0.1) is 0 Å². The summed E-state index contributed by atoms with van der Waals surface area (Å²) in [5, 5.41) is 18.5. The number of piperidine rings is 1. The number of H-pyrrole nitrogens is 1. The highest BCUT2D eigenvalue weighted by Gasteiger charge is 2.26. The van der Waals surface area contributed by atoms with Crippen molar-refractivity contribution in [1.29, 1.82) is 0 Å². The molecule has 1 atom stereocenters. The average Bonchev–Trinajstić information content (AvgIpc) is 3.57. The van der Waals surface area contributed by atoms with E-state index in [1.807, 2.05) is 58.0 Å². The fraction of sp³-hybridized carbons (Fsp3) is 0.429. The highest BCUT2D eigenvalue weighted by Crippen LogP contribution is 2.35. The van der Waals surface area contributed by atoms with Crippen molar-refractivity contribution in [3.05, 3.63) is 53.8 Å². The number of aromatic amines is 1. The van der Waals surface area contributed by atoms with Gasteiger partial charge in [-0.25, -0.2) is 4.98 Å². The van der Waals surface area contributed by atoms with E-state index in [2.05, 4.69) is 40.9 Å². The Morgan fingerprint density at radius 3 is 2.49 bits per heavy atom. The summed E-state index contributed by atoms with van der Waals surface area (Å²) in [6.07, 6.45) is 3.50. The van der Waals surface area contributed by atoms with E-state index in [4.69, 9.17) is 4.52 Å². The number of carbonyl (C=O) groups excluding carboxylic acids is 2. The SMILES string of the molecule is CC(=O)NC1CCN(c2n[nH]c3nccc(-c4ccc([C@@H](C)NC(=O)c5nc(C(C)(C)C)no5)cc4)c23)CC1. The lowest BCUT2D eigenvalue weighted by Gasteiger charge is -2.32. The molecule has 1 fully saturated rings. The molecule has 0 unspecified atom stereocenters. The lowest BCUT2D eigenvalue weighted by atomic mass is 9.96. The van der Waals surface area contributed by atoms with Crippen LogP contribution in [0.1, 0.15) is 75.6 Å². The monoisotopic (exact) mass is 530 g/mol. The molecule has 1 aromatic carbocycles. The molecule has 3 aromatic heterocycles. The highest BCUT2D eigenvalue weighted by molar-refractivity contribution is 6.00. The van der Waals surface area contributed by atoms with Gasteiger partial charge in [-0.1, -0.05) is 50.2 Å². The third-order valence-electron chi connectivity index (χ3n) is 7.00. The Labute approximate surface area is 226 Å². The third kappa shape index (κ3) is 5.62. The van der Waals surface area contributed by atoms with Crippen LogP contribution in [0.3, 0.4) is 0 Å². The van der Waals surface area contributed by atoms with Gasteiger partial charge in [-0.3, -0.25) is 14.7 Å². The number of rotatable bonds is 6. The molecular weight excluding hydrogens is 496 g/mol. The molecule has 0 bridgehead atoms. The molecule has 0 aliphatic carbocycles. The van der Waals surface area contributed by atoms with Gasteiger partial charge in [0.15, 0.2) is 17.3 Å². The van der Waals surface area contributed by atoms with Crippen LogP contribution in [-0.4, -0.2) is 56.3 Å². The molecule has 5 rings (SSSR count). The van der Waals surface area contributed by atoms with E-state index in [9.17, 15) is 9.59 Å². The average molecular weight is 531 g/mol. The predicted octanol–water partition coefficient (Wildman–Crippen LogP) is 3.90. The first kappa shape index (κ1) is 26.3. The summed E-state index contributed by atoms with van der Waals surface area (Å²) in [7, 11) is 0. The summed E-state index contributed by atoms with van der Waals surface area (Å²) in [6.45, 7) is 11.0. The Morgan fingerprint density at radius 2 is 1.85 bits per heavy atom. The number of pyridine rings is 1. The molecule has 11 heteroatoms. The van der Waals surface area contributed by atoms with Crippen molar-refractivity contribution in [1.82, 2.24) is 36.0 Å². The molecule has 39 heavy (non-hydrogen) atoms. The van der Waals surface area contributed by atoms with E-state index in [1.54, 1.807) is 13.1 Å². The van der Waals surface area contributed by atoms with Gasteiger partial charge >= 0.3 is 11.8 Å². The molecule has 4 heterocycles. The van der Waals surface area contributed by atoms with Gasteiger partial charge in [-0.2, -0.15) is 10.1 Å². The number of hydrogen-bond donors (Lipinski definition) is 3. The highest BCUT2D eigenvalue weighted by atomic mass is 16.5. The molecule has 0 radical (unpaired) electrons. The Kier molecular flexibility index (Phi) is 7.07. The largest absolute Gasteiger partial charge is 0.354 e. The summed E-state index contributed by atoms with van der Waals surface area (Å²) in [5.41, 5.74) is 3.41. The zero-order valence-corrected chi connectivity index (χ0v) is 22.9. The second-order valence-corrected chi connectivity index (χ2v) is 11.1. The number of benzene rings is 1. The number of anilines is 1. The van der Waals surface area contributed by atoms with Crippen molar-refractivity contribution in [2.75, 3.05) is 18.0 Å². The maximum absolute atomic E-state index is 12.7. The molecule has 2 amide bonds. The fourth-order valence-corrected chi connectivity index (χ4v) is 4.84. The summed E-state index contributed by atoms with van der Waals surface area (Å²) < 4.78 is 5.17. The van der Waals surface area contributed by atoms with E-state index < -0.39 is 5.91 Å². The third-order valence-corrected chi connectivity index (χ3v) is 7.00. The minimum atomic E-state index is -0.407. The molecule has 0 spiro atoms. The number of amides is 2. The van der Waals surface area contributed by atoms with Crippen LogP contribution in [0, 0.1) is 0 Å². The number of nitrogens with zero attached hydrogens (tertiary/aromatic N) is 5. The van der Waals surface area contributed by atoms with Crippen LogP contribution in [0.15, 0.2) is 41.1 Å². The zero-order chi connectivity index (χ0) is 27.7. The first-order valence-electron chi connectivity index (χ1n) is 13.2. The van der Waals surface area contributed by atoms with Crippen LogP contribution in [-0.2, 0) is 10.2 Å². The molecule has 204 valence electrons. The van der Waals surface area contributed by atoms with Crippen LogP contribution in [0.4, 0.5) is 5.82 Å². The Bertz CT molecular complexity index is 1480. The minimum Gasteiger partial charge on any atom is -0.354 e. The van der Waals surface area contributed by atoms with E-state index in [0.29, 0.717) is 5.82 Å². The molecule has 11 nitrogen and oxygen atoms in total. The normalized spacial score (nSPS) is 15.4. The first-order valence-corrected chi connectivity index (χ1v) is 13.2. The van der Waals surface area contributed by atoms with Crippen LogP contribution in [0.2, 0.25) is 0 Å². The van der Waals surface area contributed by atoms with Crippen LogP contribution < -0.4 is 15.5 Å². The van der Waals surface area contributed by atoms with E-state index >= 15 is 0 Å². The first-order chi connectivity index (χ1) is 18.6. The predicted molar refractivity (Wildman–Crippen MR) is 147 cm³/mol. The summed E-state index contributed by atoms with van der Waals surface area (Å²) in [6, 6.07) is 10.0. The minimum absolute atomic E-state index is 0.00630. The van der Waals surface area contributed by atoms with Crippen molar-refractivity contribution in [2.24, 2.45) is 0 Å². The lowest BCUT2D eigenvalue weighted by Crippen LogP contribution is -2.44. The quantitative estimate of drug-likeness (QED) is 0.341. The lowest BCUT2D eigenvalue weighted by molar-refractivity contribution is -0.119. The molecule has 1 aliphatic heterocycles. The van der Waals surface area contributed by atoms with Crippen LogP contribution in [0.25, 0.3) is 22.2 Å². The molecule has 1 aliphatic rings. The fourth-order valence-electron chi connectivity index (χ4n) is 4.84. The van der Waals surface area contributed by atoms with Crippen molar-refractivity contribution < 1.29 is 14.1 Å². The molecule has 1 saturated heterocycles. The zero-order valence-electron chi connectivity index (χ0n) is 22.9. The number of fused-ring (bicyclic) bond motifs is 1. The van der Waals surface area contributed by atoms with Gasteiger partial charge in [0.2, 0.25) is 5.91 Å². The standard InChI is InChI=1S/C28H34N8O3/c1-16(30-25(38)26-32-27(35-39-26)28(3,4)5)18-6-8-19(9-7-18)21-10-13-29-23-22(21)24(34-33-23)36-14-11-20(12-15-36)31-17(2)37/h6-10,13,16,20H,11-12,14-15H2,1-5H3,(H,30,38)(H,31,37)(H,29,33,34)/t16-/m1/s1. The van der Waals surface area contributed by atoms with Crippen molar-refractivity contribution in [3.63, 3.8) is 0 Å². The molecule has 0 saturated carbocycles. The van der Waals surface area contributed by atoms with Gasteiger partial charge in [-0.05, 0) is 42.5 Å². The maximum atomic E-state index is 12.7. The van der Waals surface area contributed by atoms with E-state index in [1.165, 1.54) is 0 Å². The van der Waals surface area contributed by atoms with Gasteiger partial charge in [0, 0.05) is 37.7 Å². The van der Waals surface area contributed by atoms with Gasteiger partial charge < -0.3 is 20.1 Å². The van der Waals surface area contributed by atoms with Crippen molar-refractivity contribution in [3.8, 4) is 11.1 Å². The Hall–Kier alpha value is -4.28. The van der Waals surface area contributed by atoms with E-state index in [0.717, 1.165) is 59.5 Å². The summed E-state index contributed by atoms with van der Waals surface area (Å²) in [4.78, 5) is 35.1. The molecular formula is C28H34N8O3. The number of nitrogens with one attached hydrogen (secondary N) is 3. The van der Waals surface area contributed by atoms with Gasteiger partial charge in [0.05, 0.1) is 11.4 Å². The van der Waals surface area contributed by atoms with Gasteiger partial charge in [0.1, 0.15) is 0 Å². The molecule has 3 N–H and O–H groups in total. The number of carbonyl (C=O) groups is 2. The van der Waals surface area contributed by atoms with Gasteiger partial charge in [0.25, 0.3) is 0 Å². The van der Waals surface area contributed by atoms with Crippen molar-refractivity contribution >= 4 is 28.7 Å². The maximum Gasteiger partial charge on any atom is 0.315 e. The molecule has 4 aromatic rings. The smallest absolute Gasteiger partial charge is 0.315 e. The number of aromatic nitrogens is 5. The summed E-state index contributed by atoms with van der Waals surface area (Å²) >= 11 is 0.